The molecule has 3 nitrogen and oxygen atoms in total. The molecular formula is C12H16ClN3. The van der Waals surface area contributed by atoms with Gasteiger partial charge in [0.25, 0.3) is 0 Å². The summed E-state index contributed by atoms with van der Waals surface area (Å²) in [6.07, 6.45) is 6.31. The highest BCUT2D eigenvalue weighted by Gasteiger charge is 2.13. The van der Waals surface area contributed by atoms with Gasteiger partial charge < -0.3 is 0 Å². The van der Waals surface area contributed by atoms with E-state index in [1.807, 2.05) is 6.07 Å². The number of anilines is 1. The zero-order valence-corrected chi connectivity index (χ0v) is 10.2. The Morgan fingerprint density at radius 2 is 2.12 bits per heavy atom. The second-order valence-corrected chi connectivity index (χ2v) is 4.77. The van der Waals surface area contributed by atoms with E-state index in [0.717, 1.165) is 24.6 Å². The molecule has 1 heterocycles. The fourth-order valence-corrected chi connectivity index (χ4v) is 1.90. The molecule has 0 unspecified atom stereocenters. The van der Waals surface area contributed by atoms with Gasteiger partial charge in [-0.15, -0.1) is 0 Å². The molecule has 1 aromatic rings. The Hall–Kier alpha value is -1.09. The summed E-state index contributed by atoms with van der Waals surface area (Å²) < 4.78 is 0. The summed E-state index contributed by atoms with van der Waals surface area (Å²) in [6.45, 7) is 2.30. The monoisotopic (exact) mass is 237 g/mol. The zero-order chi connectivity index (χ0) is 11.4. The third-order valence-electron chi connectivity index (χ3n) is 2.91. The van der Waals surface area contributed by atoms with Crippen LogP contribution in [0.4, 0.5) is 5.82 Å². The van der Waals surface area contributed by atoms with Gasteiger partial charge in [0.2, 0.25) is 0 Å². The molecule has 1 N–H and O–H groups in total. The molecule has 2 rings (SSSR count). The minimum atomic E-state index is 0.643. The molecule has 4 heteroatoms. The van der Waals surface area contributed by atoms with Crippen molar-refractivity contribution < 1.29 is 0 Å². The quantitative estimate of drug-likeness (QED) is 0.797. The predicted octanol–water partition coefficient (Wildman–Crippen LogP) is 3.71. The number of nitrogens with one attached hydrogen (secondary N) is 1. The topological polar surface area (TPSA) is 37.3 Å². The summed E-state index contributed by atoms with van der Waals surface area (Å²) in [5.74, 6) is 1.59. The molecule has 1 saturated carbocycles. The van der Waals surface area contributed by atoms with Crippen LogP contribution >= 0.6 is 11.6 Å². The summed E-state index contributed by atoms with van der Waals surface area (Å²) in [5.41, 5.74) is 4.22. The van der Waals surface area contributed by atoms with Crippen molar-refractivity contribution in [3.8, 4) is 0 Å². The Bertz CT molecular complexity index is 362. The number of aromatic nitrogens is 1. The Morgan fingerprint density at radius 3 is 2.75 bits per heavy atom. The van der Waals surface area contributed by atoms with Crippen LogP contribution in [0.3, 0.4) is 0 Å². The van der Waals surface area contributed by atoms with Gasteiger partial charge in [-0.2, -0.15) is 5.10 Å². The van der Waals surface area contributed by atoms with E-state index in [-0.39, 0.29) is 0 Å². The van der Waals surface area contributed by atoms with Gasteiger partial charge in [0.15, 0.2) is 0 Å². The van der Waals surface area contributed by atoms with Gasteiger partial charge in [-0.1, -0.05) is 18.5 Å². The van der Waals surface area contributed by atoms with Gasteiger partial charge in [0.1, 0.15) is 5.82 Å². The van der Waals surface area contributed by atoms with Gasteiger partial charge >= 0.3 is 0 Å². The molecule has 0 spiro atoms. The van der Waals surface area contributed by atoms with Crippen molar-refractivity contribution in [3.63, 3.8) is 0 Å². The molecule has 0 aromatic carbocycles. The van der Waals surface area contributed by atoms with E-state index >= 15 is 0 Å². The fraction of sp³-hybridized carbons (Fsp3) is 0.500. The first-order chi connectivity index (χ1) is 7.74. The van der Waals surface area contributed by atoms with Crippen LogP contribution in [-0.2, 0) is 0 Å². The average Bonchev–Trinajstić information content (AvgIpc) is 2.30. The maximum absolute atomic E-state index is 5.75. The van der Waals surface area contributed by atoms with E-state index in [2.05, 4.69) is 22.4 Å². The molecule has 0 radical (unpaired) electrons. The SMILES string of the molecule is CC1CCC(=NNc2ccc(Cl)cn2)CC1. The fourth-order valence-electron chi connectivity index (χ4n) is 1.79. The van der Waals surface area contributed by atoms with Crippen LogP contribution in [-0.4, -0.2) is 10.7 Å². The van der Waals surface area contributed by atoms with Crippen LogP contribution in [0.5, 0.6) is 0 Å². The Morgan fingerprint density at radius 1 is 1.38 bits per heavy atom. The summed E-state index contributed by atoms with van der Waals surface area (Å²) in [6, 6.07) is 3.64. The van der Waals surface area contributed by atoms with E-state index in [1.165, 1.54) is 18.6 Å². The van der Waals surface area contributed by atoms with E-state index in [4.69, 9.17) is 11.6 Å². The van der Waals surface area contributed by atoms with E-state index < -0.39 is 0 Å². The first-order valence-electron chi connectivity index (χ1n) is 5.67. The third kappa shape index (κ3) is 3.20. The van der Waals surface area contributed by atoms with Gasteiger partial charge in [-0.25, -0.2) is 4.98 Å². The average molecular weight is 238 g/mol. The molecular weight excluding hydrogens is 222 g/mol. The minimum absolute atomic E-state index is 0.643. The molecule has 0 bridgehead atoms. The van der Waals surface area contributed by atoms with E-state index in [1.54, 1.807) is 12.3 Å². The maximum Gasteiger partial charge on any atom is 0.146 e. The molecule has 0 atom stereocenters. The Labute approximate surface area is 101 Å². The molecule has 16 heavy (non-hydrogen) atoms. The first-order valence-corrected chi connectivity index (χ1v) is 6.05. The zero-order valence-electron chi connectivity index (χ0n) is 9.41. The molecule has 0 amide bonds. The van der Waals surface area contributed by atoms with Crippen molar-refractivity contribution in [1.29, 1.82) is 0 Å². The highest BCUT2D eigenvalue weighted by molar-refractivity contribution is 6.30. The first kappa shape index (κ1) is 11.4. The van der Waals surface area contributed by atoms with Gasteiger partial charge in [-0.3, -0.25) is 5.43 Å². The summed E-state index contributed by atoms with van der Waals surface area (Å²) in [5, 5.41) is 5.02. The Kier molecular flexibility index (Phi) is 3.78. The van der Waals surface area contributed by atoms with Crippen LogP contribution in [0.15, 0.2) is 23.4 Å². The smallest absolute Gasteiger partial charge is 0.146 e. The maximum atomic E-state index is 5.75. The largest absolute Gasteiger partial charge is 0.261 e. The predicted molar refractivity (Wildman–Crippen MR) is 67.9 cm³/mol. The number of hydrogen-bond donors (Lipinski definition) is 1. The molecule has 0 saturated heterocycles. The molecule has 1 fully saturated rings. The number of nitrogens with zero attached hydrogens (tertiary/aromatic N) is 2. The van der Waals surface area contributed by atoms with Crippen LogP contribution in [0.1, 0.15) is 32.6 Å². The molecule has 1 aliphatic rings. The van der Waals surface area contributed by atoms with Gasteiger partial charge in [-0.05, 0) is 43.7 Å². The molecule has 0 aliphatic heterocycles. The molecule has 1 aromatic heterocycles. The van der Waals surface area contributed by atoms with Crippen molar-refractivity contribution in [2.45, 2.75) is 32.6 Å². The molecule has 1 aliphatic carbocycles. The lowest BCUT2D eigenvalue weighted by atomic mass is 9.90. The van der Waals surface area contributed by atoms with Crippen molar-refractivity contribution in [3.05, 3.63) is 23.4 Å². The van der Waals surface area contributed by atoms with Crippen LogP contribution < -0.4 is 5.43 Å². The van der Waals surface area contributed by atoms with Crippen LogP contribution in [0.2, 0.25) is 5.02 Å². The van der Waals surface area contributed by atoms with Crippen molar-refractivity contribution >= 4 is 23.1 Å². The van der Waals surface area contributed by atoms with Crippen molar-refractivity contribution in [2.75, 3.05) is 5.43 Å². The number of rotatable bonds is 2. The highest BCUT2D eigenvalue weighted by Crippen LogP contribution is 2.21. The third-order valence-corrected chi connectivity index (χ3v) is 3.13. The number of hydrazone groups is 1. The number of pyridine rings is 1. The van der Waals surface area contributed by atoms with E-state index in [0.29, 0.717) is 5.02 Å². The lowest BCUT2D eigenvalue weighted by Gasteiger charge is -2.18. The summed E-state index contributed by atoms with van der Waals surface area (Å²) in [7, 11) is 0. The number of halogens is 1. The second kappa shape index (κ2) is 5.30. The van der Waals surface area contributed by atoms with Crippen LogP contribution in [0.25, 0.3) is 0 Å². The van der Waals surface area contributed by atoms with E-state index in [9.17, 15) is 0 Å². The lowest BCUT2D eigenvalue weighted by Crippen LogP contribution is -2.13. The standard InChI is InChI=1S/C12H16ClN3/c1-9-2-5-11(6-3-9)15-16-12-7-4-10(13)8-14-12/h4,7-9H,2-3,5-6H2,1H3,(H,14,16). The highest BCUT2D eigenvalue weighted by atomic mass is 35.5. The lowest BCUT2D eigenvalue weighted by molar-refractivity contribution is 0.483. The van der Waals surface area contributed by atoms with Gasteiger partial charge in [0.05, 0.1) is 5.02 Å². The Balaban J connectivity index is 1.91. The molecule has 86 valence electrons. The summed E-state index contributed by atoms with van der Waals surface area (Å²) in [4.78, 5) is 4.13. The van der Waals surface area contributed by atoms with Gasteiger partial charge in [0, 0.05) is 11.9 Å². The van der Waals surface area contributed by atoms with Crippen molar-refractivity contribution in [2.24, 2.45) is 11.0 Å². The van der Waals surface area contributed by atoms with Crippen LogP contribution in [0, 0.1) is 5.92 Å². The summed E-state index contributed by atoms with van der Waals surface area (Å²) >= 11 is 5.75. The second-order valence-electron chi connectivity index (χ2n) is 4.33. The normalized spacial score (nSPS) is 20.6. The number of hydrogen-bond acceptors (Lipinski definition) is 3. The van der Waals surface area contributed by atoms with Crippen molar-refractivity contribution in [1.82, 2.24) is 4.98 Å². The minimum Gasteiger partial charge on any atom is -0.261 e.